The van der Waals surface area contributed by atoms with E-state index in [1.807, 2.05) is 42.7 Å². The van der Waals surface area contributed by atoms with Crippen LogP contribution in [0.3, 0.4) is 0 Å². The van der Waals surface area contributed by atoms with Crippen molar-refractivity contribution in [3.05, 3.63) is 82.9 Å². The molecule has 8 rings (SSSR count). The molecule has 4 aliphatic rings. The number of carbonyl (C=O) groups excluding carboxylic acids is 3. The molecule has 4 aromatic rings. The number of halogens is 3. The molecule has 0 saturated carbocycles. The standard InChI is InChI=1S/C50H66F3N7O6Si/c1-49(2,3)65-47(62)58-18-10-11-42(58)45-55-38-26-34(35(51)27-39(38)56-45)41-17-16-40(60(41)33-24-36(52)44(37(53)25-33)57-19-21-67(8,9)22-20-57)31-12-14-32(15-13-31)54-46(61)43-23-30(29-64-7)28-59(43)48(63)66-50(4,5)6/h12-15,24-27,30,40-43H,10-11,16-23,28-29H2,1-9H3,(H,54,61)(H,55,56)/t30-,40+,41+,42-,43-/m0/s1. The Bertz CT molecular complexity index is 2460. The highest BCUT2D eigenvalue weighted by Gasteiger charge is 2.43. The Morgan fingerprint density at radius 3 is 2.06 bits per heavy atom. The minimum Gasteiger partial charge on any atom is -0.444 e. The maximum absolute atomic E-state index is 16.6. The first-order valence-corrected chi connectivity index (χ1v) is 27.1. The zero-order valence-corrected chi connectivity index (χ0v) is 41.3. The van der Waals surface area contributed by atoms with Crippen molar-refractivity contribution in [3.63, 3.8) is 0 Å². The Morgan fingerprint density at radius 2 is 1.43 bits per heavy atom. The number of anilines is 3. The molecule has 4 aliphatic heterocycles. The maximum Gasteiger partial charge on any atom is 0.410 e. The topological polar surface area (TPSA) is 133 Å². The number of H-pyrrole nitrogens is 1. The number of aromatic nitrogens is 2. The van der Waals surface area contributed by atoms with E-state index in [4.69, 9.17) is 19.2 Å². The third kappa shape index (κ3) is 10.6. The summed E-state index contributed by atoms with van der Waals surface area (Å²) in [5, 5.41) is 2.98. The molecule has 0 aliphatic carbocycles. The van der Waals surface area contributed by atoms with Crippen LogP contribution in [0.25, 0.3) is 11.0 Å². The van der Waals surface area contributed by atoms with Gasteiger partial charge in [-0.25, -0.2) is 27.7 Å². The lowest BCUT2D eigenvalue weighted by molar-refractivity contribution is -0.120. The van der Waals surface area contributed by atoms with Gasteiger partial charge >= 0.3 is 12.2 Å². The summed E-state index contributed by atoms with van der Waals surface area (Å²) >= 11 is 0. The molecule has 1 aromatic heterocycles. The lowest BCUT2D eigenvalue weighted by atomic mass is 10.0. The largest absolute Gasteiger partial charge is 0.444 e. The average molecular weight is 946 g/mol. The van der Waals surface area contributed by atoms with Crippen molar-refractivity contribution in [3.8, 4) is 0 Å². The van der Waals surface area contributed by atoms with Crippen LogP contribution in [0.2, 0.25) is 25.2 Å². The van der Waals surface area contributed by atoms with Gasteiger partial charge < -0.3 is 34.3 Å². The highest BCUT2D eigenvalue weighted by molar-refractivity contribution is 6.77. The van der Waals surface area contributed by atoms with Crippen LogP contribution in [-0.4, -0.2) is 103 Å². The van der Waals surface area contributed by atoms with E-state index in [0.29, 0.717) is 86.6 Å². The van der Waals surface area contributed by atoms with Gasteiger partial charge in [-0.05, 0) is 122 Å². The first kappa shape index (κ1) is 48.2. The summed E-state index contributed by atoms with van der Waals surface area (Å²) in [5.74, 6) is -1.71. The second-order valence-corrected chi connectivity index (χ2v) is 26.9. The monoisotopic (exact) mass is 945 g/mol. The Labute approximate surface area is 392 Å². The first-order valence-electron chi connectivity index (χ1n) is 23.7. The van der Waals surface area contributed by atoms with Gasteiger partial charge in [0.25, 0.3) is 0 Å². The Kier molecular flexibility index (Phi) is 13.4. The Hall–Kier alpha value is -5.29. The van der Waals surface area contributed by atoms with E-state index in [1.165, 1.54) is 23.1 Å². The van der Waals surface area contributed by atoms with Gasteiger partial charge in [-0.15, -0.1) is 0 Å². The number of likely N-dealkylation sites (tertiary alicyclic amines) is 2. The van der Waals surface area contributed by atoms with Crippen molar-refractivity contribution in [2.75, 3.05) is 55.0 Å². The number of hydrogen-bond acceptors (Lipinski definition) is 9. The SMILES string of the molecule is COC[C@H]1C[C@@H](C(=O)Nc2ccc([C@H]3CC[C@H](c4cc5[nH]c([C@@H]6CCCN6C(=O)OC(C)(C)C)nc5cc4F)N3c3cc(F)c(N4CC[Si](C)(C)CC4)c(F)c3)cc2)N(C(=O)OC(C)(C)C)C1. The summed E-state index contributed by atoms with van der Waals surface area (Å²) in [4.78, 5) is 55.1. The Morgan fingerprint density at radius 1 is 0.806 bits per heavy atom. The molecule has 17 heteroatoms. The van der Waals surface area contributed by atoms with Gasteiger partial charge in [0.1, 0.15) is 34.6 Å². The van der Waals surface area contributed by atoms with E-state index in [1.54, 1.807) is 51.0 Å². The van der Waals surface area contributed by atoms with Crippen molar-refractivity contribution >= 4 is 54.3 Å². The van der Waals surface area contributed by atoms with E-state index in [0.717, 1.165) is 24.1 Å². The van der Waals surface area contributed by atoms with Gasteiger partial charge in [-0.2, -0.15) is 0 Å². The van der Waals surface area contributed by atoms with Crippen molar-refractivity contribution in [2.24, 2.45) is 5.92 Å². The molecule has 0 bridgehead atoms. The minimum absolute atomic E-state index is 0.0355. The van der Waals surface area contributed by atoms with Crippen LogP contribution >= 0.6 is 0 Å². The lowest BCUT2D eigenvalue weighted by Crippen LogP contribution is -2.45. The second kappa shape index (κ2) is 18.7. The number of rotatable bonds is 9. The number of ether oxygens (including phenoxy) is 3. The summed E-state index contributed by atoms with van der Waals surface area (Å²) < 4.78 is 66.2. The number of amides is 3. The van der Waals surface area contributed by atoms with E-state index in [2.05, 4.69) is 23.4 Å². The zero-order valence-electron chi connectivity index (χ0n) is 40.3. The molecule has 3 aromatic carbocycles. The van der Waals surface area contributed by atoms with Gasteiger partial charge in [0, 0.05) is 62.2 Å². The molecule has 13 nitrogen and oxygen atoms in total. The predicted octanol–water partition coefficient (Wildman–Crippen LogP) is 10.9. The number of imidazole rings is 1. The van der Waals surface area contributed by atoms with Crippen LogP contribution in [0.4, 0.5) is 39.8 Å². The fraction of sp³-hybridized carbons (Fsp3) is 0.560. The molecule has 4 fully saturated rings. The quantitative estimate of drug-likeness (QED) is 0.157. The number of aromatic amines is 1. The van der Waals surface area contributed by atoms with Gasteiger partial charge in [-0.3, -0.25) is 14.6 Å². The van der Waals surface area contributed by atoms with Crippen LogP contribution in [0.1, 0.15) is 109 Å². The van der Waals surface area contributed by atoms with Crippen LogP contribution in [-0.2, 0) is 19.0 Å². The molecule has 0 unspecified atom stereocenters. The molecule has 3 amide bonds. The average Bonchev–Trinajstić information content (AvgIpc) is 4.06. The molecular formula is C50H66F3N7O6Si. The summed E-state index contributed by atoms with van der Waals surface area (Å²) in [5.41, 5.74) is 1.47. The fourth-order valence-corrected chi connectivity index (χ4v) is 12.3. The summed E-state index contributed by atoms with van der Waals surface area (Å²) in [7, 11) is 0.162. The predicted molar refractivity (Wildman–Crippen MR) is 256 cm³/mol. The molecular weight excluding hydrogens is 880 g/mol. The lowest BCUT2D eigenvalue weighted by Gasteiger charge is -2.38. The van der Waals surface area contributed by atoms with Gasteiger partial charge in [0.2, 0.25) is 5.91 Å². The number of carbonyl (C=O) groups is 3. The van der Waals surface area contributed by atoms with Crippen LogP contribution in [0.5, 0.6) is 0 Å². The van der Waals surface area contributed by atoms with Crippen molar-refractivity contribution in [1.29, 1.82) is 0 Å². The van der Waals surface area contributed by atoms with Crippen molar-refractivity contribution in [1.82, 2.24) is 19.8 Å². The summed E-state index contributed by atoms with van der Waals surface area (Å²) in [6.07, 6.45) is 1.82. The smallest absolute Gasteiger partial charge is 0.410 e. The molecule has 5 heterocycles. The minimum atomic E-state index is -1.42. The molecule has 0 spiro atoms. The van der Waals surface area contributed by atoms with E-state index < -0.39 is 67.0 Å². The molecule has 0 radical (unpaired) electrons. The van der Waals surface area contributed by atoms with E-state index in [9.17, 15) is 14.4 Å². The van der Waals surface area contributed by atoms with E-state index in [-0.39, 0.29) is 29.2 Å². The van der Waals surface area contributed by atoms with Gasteiger partial charge in [0.15, 0.2) is 11.6 Å². The third-order valence-corrected chi connectivity index (χ3v) is 16.7. The second-order valence-electron chi connectivity index (χ2n) is 21.6. The first-order chi connectivity index (χ1) is 31.6. The highest BCUT2D eigenvalue weighted by atomic mass is 28.3. The number of benzene rings is 3. The molecule has 4 saturated heterocycles. The van der Waals surface area contributed by atoms with Crippen LogP contribution in [0.15, 0.2) is 48.5 Å². The van der Waals surface area contributed by atoms with Crippen molar-refractivity contribution in [2.45, 2.75) is 134 Å². The van der Waals surface area contributed by atoms with Gasteiger partial charge in [-0.1, -0.05) is 25.2 Å². The van der Waals surface area contributed by atoms with E-state index >= 15 is 13.2 Å². The molecule has 2 N–H and O–H groups in total. The fourth-order valence-electron chi connectivity index (χ4n) is 10.3. The normalized spacial score (nSPS) is 23.3. The molecule has 67 heavy (non-hydrogen) atoms. The maximum atomic E-state index is 16.6. The number of nitrogens with zero attached hydrogens (tertiary/aromatic N) is 5. The number of hydrogen-bond donors (Lipinski definition) is 2. The summed E-state index contributed by atoms with van der Waals surface area (Å²) in [6.45, 7) is 17.8. The third-order valence-electron chi connectivity index (χ3n) is 13.6. The highest BCUT2D eigenvalue weighted by Crippen LogP contribution is 2.49. The number of nitrogens with one attached hydrogen (secondary N) is 2. The van der Waals surface area contributed by atoms with Gasteiger partial charge in [0.05, 0.1) is 43.8 Å². The van der Waals surface area contributed by atoms with Crippen LogP contribution in [0, 0.1) is 23.4 Å². The summed E-state index contributed by atoms with van der Waals surface area (Å²) in [6, 6.07) is 12.8. The molecule has 5 atom stereocenters. The van der Waals surface area contributed by atoms with Crippen LogP contribution < -0.4 is 15.1 Å². The number of methoxy groups -OCH3 is 1. The molecule has 362 valence electrons. The Balaban J connectivity index is 1.09. The van der Waals surface area contributed by atoms with Crippen molar-refractivity contribution < 1.29 is 41.8 Å². The number of fused-ring (bicyclic) bond motifs is 1. The zero-order chi connectivity index (χ0) is 48.2.